The molecule has 174 valence electrons. The number of hydrogen-bond acceptors (Lipinski definition) is 6. The van der Waals surface area contributed by atoms with Crippen LogP contribution in [-0.4, -0.2) is 33.9 Å². The van der Waals surface area contributed by atoms with Crippen LogP contribution in [0, 0.1) is 6.92 Å². The number of rotatable bonds is 6. The zero-order chi connectivity index (χ0) is 23.5. The summed E-state index contributed by atoms with van der Waals surface area (Å²) < 4.78 is 11.7. The molecule has 4 aromatic rings. The summed E-state index contributed by atoms with van der Waals surface area (Å²) >= 11 is 7.66. The summed E-state index contributed by atoms with van der Waals surface area (Å²) in [6.45, 7) is 3.78. The highest BCUT2D eigenvalue weighted by molar-refractivity contribution is 7.09. The average Bonchev–Trinajstić information content (AvgIpc) is 3.47. The zero-order valence-corrected chi connectivity index (χ0v) is 20.3. The van der Waals surface area contributed by atoms with Crippen LogP contribution in [0.4, 0.5) is 0 Å². The highest BCUT2D eigenvalue weighted by atomic mass is 35.5. The van der Waals surface area contributed by atoms with Gasteiger partial charge < -0.3 is 14.1 Å². The number of halogens is 1. The number of amides is 1. The van der Waals surface area contributed by atoms with Gasteiger partial charge in [0.1, 0.15) is 17.9 Å². The summed E-state index contributed by atoms with van der Waals surface area (Å²) in [4.78, 5) is 23.5. The van der Waals surface area contributed by atoms with Crippen molar-refractivity contribution in [3.63, 3.8) is 0 Å². The molecule has 0 saturated carbocycles. The molecule has 0 spiro atoms. The van der Waals surface area contributed by atoms with Gasteiger partial charge in [0.05, 0.1) is 10.7 Å². The number of ether oxygens (including phenoxy) is 1. The monoisotopic (exact) mass is 493 g/mol. The fourth-order valence-corrected chi connectivity index (χ4v) is 4.78. The maximum Gasteiger partial charge on any atom is 0.246 e. The number of hydrogen-bond donors (Lipinski definition) is 0. The number of benzene rings is 2. The Morgan fingerprint density at radius 1 is 1.21 bits per heavy atom. The first-order chi connectivity index (χ1) is 16.5. The third kappa shape index (κ3) is 5.32. The Morgan fingerprint density at radius 3 is 2.74 bits per heavy atom. The van der Waals surface area contributed by atoms with Crippen LogP contribution < -0.4 is 4.74 Å². The topological polar surface area (TPSA) is 68.5 Å². The SMILES string of the molecule is Cc1nc(COc2ccc(C=CC(=O)N3CCC(c4nc5cc(Cl)ccc5o4)CC3)cc2)cs1. The first-order valence-corrected chi connectivity index (χ1v) is 12.5. The molecule has 34 heavy (non-hydrogen) atoms. The molecule has 1 aliphatic heterocycles. The van der Waals surface area contributed by atoms with E-state index in [2.05, 4.69) is 9.97 Å². The van der Waals surface area contributed by atoms with E-state index in [1.54, 1.807) is 23.5 Å². The van der Waals surface area contributed by atoms with Gasteiger partial charge >= 0.3 is 0 Å². The molecule has 1 amide bonds. The second-order valence-electron chi connectivity index (χ2n) is 8.31. The van der Waals surface area contributed by atoms with Crippen molar-refractivity contribution in [1.29, 1.82) is 0 Å². The Kier molecular flexibility index (Phi) is 6.65. The Morgan fingerprint density at radius 2 is 2.00 bits per heavy atom. The molecule has 2 aromatic heterocycles. The lowest BCUT2D eigenvalue weighted by molar-refractivity contribution is -0.127. The molecular formula is C26H24ClN3O3S. The second-order valence-corrected chi connectivity index (χ2v) is 9.81. The number of fused-ring (bicyclic) bond motifs is 1. The molecule has 1 saturated heterocycles. The third-order valence-electron chi connectivity index (χ3n) is 5.87. The first kappa shape index (κ1) is 22.6. The molecule has 0 N–H and O–H groups in total. The van der Waals surface area contributed by atoms with E-state index in [0.717, 1.165) is 51.8 Å². The summed E-state index contributed by atoms with van der Waals surface area (Å²) in [6.07, 6.45) is 5.12. The highest BCUT2D eigenvalue weighted by Gasteiger charge is 2.26. The van der Waals surface area contributed by atoms with E-state index in [4.69, 9.17) is 20.8 Å². The number of likely N-dealkylation sites (tertiary alicyclic amines) is 1. The summed E-state index contributed by atoms with van der Waals surface area (Å²) in [7, 11) is 0. The number of aromatic nitrogens is 2. The van der Waals surface area contributed by atoms with Crippen LogP contribution in [0.3, 0.4) is 0 Å². The van der Waals surface area contributed by atoms with Gasteiger partial charge in [-0.3, -0.25) is 4.79 Å². The number of thiazole rings is 1. The number of carbonyl (C=O) groups is 1. The van der Waals surface area contributed by atoms with Crippen LogP contribution in [0.15, 0.2) is 58.3 Å². The van der Waals surface area contributed by atoms with Gasteiger partial charge in [0.15, 0.2) is 11.5 Å². The number of oxazole rings is 1. The van der Waals surface area contributed by atoms with Crippen molar-refractivity contribution in [2.24, 2.45) is 0 Å². The molecule has 0 radical (unpaired) electrons. The molecule has 2 aromatic carbocycles. The van der Waals surface area contributed by atoms with Crippen LogP contribution in [0.2, 0.25) is 5.02 Å². The lowest BCUT2D eigenvalue weighted by Gasteiger charge is -2.29. The maximum atomic E-state index is 12.7. The van der Waals surface area contributed by atoms with E-state index in [1.165, 1.54) is 0 Å². The maximum absolute atomic E-state index is 12.7. The van der Waals surface area contributed by atoms with Gasteiger partial charge in [-0.1, -0.05) is 23.7 Å². The smallest absolute Gasteiger partial charge is 0.246 e. The Labute approximate surface area is 206 Å². The predicted molar refractivity (Wildman–Crippen MR) is 134 cm³/mol. The number of carbonyl (C=O) groups excluding carboxylic acids is 1. The molecule has 5 rings (SSSR count). The van der Waals surface area contributed by atoms with Crippen molar-refractivity contribution in [2.45, 2.75) is 32.3 Å². The Hall–Kier alpha value is -3.16. The van der Waals surface area contributed by atoms with Gasteiger partial charge in [-0.05, 0) is 61.7 Å². The highest BCUT2D eigenvalue weighted by Crippen LogP contribution is 2.31. The van der Waals surface area contributed by atoms with Crippen molar-refractivity contribution in [3.05, 3.63) is 81.1 Å². The Bertz CT molecular complexity index is 1320. The van der Waals surface area contributed by atoms with Gasteiger partial charge in [0.2, 0.25) is 5.91 Å². The molecule has 6 nitrogen and oxygen atoms in total. The quantitative estimate of drug-likeness (QED) is 0.297. The number of nitrogens with zero attached hydrogens (tertiary/aromatic N) is 3. The molecule has 1 aliphatic rings. The Balaban J connectivity index is 1.12. The van der Waals surface area contributed by atoms with Crippen LogP contribution in [-0.2, 0) is 11.4 Å². The molecule has 0 unspecified atom stereocenters. The van der Waals surface area contributed by atoms with Crippen molar-refractivity contribution < 1.29 is 13.9 Å². The van der Waals surface area contributed by atoms with Crippen LogP contribution in [0.1, 0.15) is 40.9 Å². The second kappa shape index (κ2) is 9.99. The van der Waals surface area contributed by atoms with Crippen molar-refractivity contribution in [3.8, 4) is 5.75 Å². The van der Waals surface area contributed by atoms with Crippen LogP contribution >= 0.6 is 22.9 Å². The van der Waals surface area contributed by atoms with E-state index < -0.39 is 0 Å². The van der Waals surface area contributed by atoms with Gasteiger partial charge in [-0.2, -0.15) is 0 Å². The summed E-state index contributed by atoms with van der Waals surface area (Å²) in [6, 6.07) is 13.2. The van der Waals surface area contributed by atoms with Crippen molar-refractivity contribution >= 4 is 46.0 Å². The largest absolute Gasteiger partial charge is 0.487 e. The van der Waals surface area contributed by atoms with Crippen LogP contribution in [0.5, 0.6) is 5.75 Å². The molecule has 8 heteroatoms. The lowest BCUT2D eigenvalue weighted by Crippen LogP contribution is -2.36. The molecule has 1 fully saturated rings. The van der Waals surface area contributed by atoms with Gasteiger partial charge in [0, 0.05) is 35.5 Å². The normalized spacial score (nSPS) is 14.8. The lowest BCUT2D eigenvalue weighted by atomic mass is 9.96. The minimum Gasteiger partial charge on any atom is -0.487 e. The summed E-state index contributed by atoms with van der Waals surface area (Å²) in [5.74, 6) is 1.73. The predicted octanol–water partition coefficient (Wildman–Crippen LogP) is 6.24. The van der Waals surface area contributed by atoms with Crippen molar-refractivity contribution in [2.75, 3.05) is 13.1 Å². The van der Waals surface area contributed by atoms with E-state index in [9.17, 15) is 4.79 Å². The average molecular weight is 494 g/mol. The van der Waals surface area contributed by atoms with E-state index in [0.29, 0.717) is 24.7 Å². The van der Waals surface area contributed by atoms with E-state index in [-0.39, 0.29) is 11.8 Å². The summed E-state index contributed by atoms with van der Waals surface area (Å²) in [5.41, 5.74) is 3.40. The van der Waals surface area contributed by atoms with Crippen LogP contribution in [0.25, 0.3) is 17.2 Å². The van der Waals surface area contributed by atoms with Gasteiger partial charge in [-0.15, -0.1) is 11.3 Å². The number of piperidine rings is 1. The van der Waals surface area contributed by atoms with E-state index in [1.807, 2.05) is 59.7 Å². The standard InChI is InChI=1S/C26H24ClN3O3S/c1-17-28-21(16-34-17)15-32-22-6-2-18(3-7-22)4-9-25(31)30-12-10-19(11-13-30)26-29-23-14-20(27)5-8-24(23)33-26/h2-9,14,16,19H,10-13,15H2,1H3. The molecule has 3 heterocycles. The minimum atomic E-state index is 0.0158. The number of aryl methyl sites for hydroxylation is 1. The van der Waals surface area contributed by atoms with E-state index >= 15 is 0 Å². The van der Waals surface area contributed by atoms with Crippen molar-refractivity contribution in [1.82, 2.24) is 14.9 Å². The fourth-order valence-electron chi connectivity index (χ4n) is 4.02. The summed E-state index contributed by atoms with van der Waals surface area (Å²) in [5, 5.41) is 3.68. The third-order valence-corrected chi connectivity index (χ3v) is 6.93. The molecule has 0 atom stereocenters. The van der Waals surface area contributed by atoms with Gasteiger partial charge in [-0.25, -0.2) is 9.97 Å². The fraction of sp³-hybridized carbons (Fsp3) is 0.269. The first-order valence-electron chi connectivity index (χ1n) is 11.2. The molecular weight excluding hydrogens is 470 g/mol. The van der Waals surface area contributed by atoms with Gasteiger partial charge in [0.25, 0.3) is 0 Å². The minimum absolute atomic E-state index is 0.0158. The molecule has 0 bridgehead atoms. The molecule has 0 aliphatic carbocycles. The zero-order valence-electron chi connectivity index (χ0n) is 18.7.